The molecule has 0 amide bonds. The zero-order valence-electron chi connectivity index (χ0n) is 11.9. The van der Waals surface area contributed by atoms with Gasteiger partial charge in [-0.2, -0.15) is 0 Å². The molecular formula is C15H20FN3O2. The maximum absolute atomic E-state index is 13.6. The van der Waals surface area contributed by atoms with E-state index < -0.39 is 10.7 Å². The Labute approximate surface area is 123 Å². The van der Waals surface area contributed by atoms with Crippen LogP contribution in [0.3, 0.4) is 0 Å². The van der Waals surface area contributed by atoms with Crippen molar-refractivity contribution in [2.75, 3.05) is 24.5 Å². The van der Waals surface area contributed by atoms with Gasteiger partial charge in [-0.3, -0.25) is 10.1 Å². The third-order valence-corrected chi connectivity index (χ3v) is 4.25. The van der Waals surface area contributed by atoms with Crippen LogP contribution in [0.2, 0.25) is 0 Å². The second-order valence-corrected chi connectivity index (χ2v) is 6.03. The Balaban J connectivity index is 1.86. The number of benzene rings is 1. The first-order valence-corrected chi connectivity index (χ1v) is 7.56. The van der Waals surface area contributed by atoms with Gasteiger partial charge in [0.05, 0.1) is 4.92 Å². The summed E-state index contributed by atoms with van der Waals surface area (Å²) in [6.45, 7) is 2.48. The van der Waals surface area contributed by atoms with Crippen molar-refractivity contribution >= 4 is 11.4 Å². The number of halogens is 1. The van der Waals surface area contributed by atoms with Crippen LogP contribution in [0.15, 0.2) is 18.2 Å². The quantitative estimate of drug-likeness (QED) is 0.647. The lowest BCUT2D eigenvalue weighted by atomic mass is 10.1. The van der Waals surface area contributed by atoms with Crippen LogP contribution in [0.25, 0.3) is 0 Å². The highest BCUT2D eigenvalue weighted by Crippen LogP contribution is 2.35. The Kier molecular flexibility index (Phi) is 4.05. The van der Waals surface area contributed by atoms with Crippen LogP contribution >= 0.6 is 0 Å². The average molecular weight is 293 g/mol. The molecule has 114 valence electrons. The van der Waals surface area contributed by atoms with Crippen LogP contribution in [0.5, 0.6) is 0 Å². The first-order chi connectivity index (χ1) is 10.1. The van der Waals surface area contributed by atoms with Gasteiger partial charge in [-0.05, 0) is 44.2 Å². The lowest BCUT2D eigenvalue weighted by molar-refractivity contribution is -0.384. The van der Waals surface area contributed by atoms with Crippen LogP contribution in [-0.2, 0) is 0 Å². The van der Waals surface area contributed by atoms with Gasteiger partial charge in [-0.15, -0.1) is 0 Å². The van der Waals surface area contributed by atoms with Crippen LogP contribution in [0.4, 0.5) is 15.8 Å². The molecule has 1 aromatic carbocycles. The summed E-state index contributed by atoms with van der Waals surface area (Å²) in [6.07, 6.45) is 4.53. The number of nitro groups is 1. The second-order valence-electron chi connectivity index (χ2n) is 6.03. The summed E-state index contributed by atoms with van der Waals surface area (Å²) in [7, 11) is 0. The Hall–Kier alpha value is -1.69. The number of rotatable bonds is 6. The molecule has 0 aromatic heterocycles. The van der Waals surface area contributed by atoms with Crippen LogP contribution in [0, 0.1) is 21.8 Å². The minimum Gasteiger partial charge on any atom is -0.364 e. The minimum atomic E-state index is -0.421. The standard InChI is InChI=1S/C15H20FN3O2/c16-12-5-6-14(19(20)21)15(8-12)18(9-11-3-4-11)10-13-2-1-7-17-13/h5-6,8,11,13,17H,1-4,7,9-10H2. The van der Waals surface area contributed by atoms with E-state index >= 15 is 0 Å². The van der Waals surface area contributed by atoms with E-state index in [0.717, 1.165) is 44.8 Å². The van der Waals surface area contributed by atoms with Crippen molar-refractivity contribution in [3.63, 3.8) is 0 Å². The van der Waals surface area contributed by atoms with E-state index in [-0.39, 0.29) is 5.69 Å². The smallest absolute Gasteiger partial charge is 0.292 e. The van der Waals surface area contributed by atoms with Gasteiger partial charge < -0.3 is 10.2 Å². The number of nitrogens with one attached hydrogen (secondary N) is 1. The molecule has 1 aliphatic heterocycles. The molecule has 0 radical (unpaired) electrons. The summed E-state index contributed by atoms with van der Waals surface area (Å²) in [4.78, 5) is 12.8. The van der Waals surface area contributed by atoms with E-state index in [9.17, 15) is 14.5 Å². The molecule has 1 saturated heterocycles. The number of hydrogen-bond acceptors (Lipinski definition) is 4. The summed E-state index contributed by atoms with van der Waals surface area (Å²) in [5.41, 5.74) is 0.413. The van der Waals surface area contributed by atoms with Crippen molar-refractivity contribution in [1.82, 2.24) is 5.32 Å². The van der Waals surface area contributed by atoms with E-state index in [1.165, 1.54) is 12.1 Å². The highest BCUT2D eigenvalue weighted by molar-refractivity contribution is 5.63. The molecular weight excluding hydrogens is 273 g/mol. The summed E-state index contributed by atoms with van der Waals surface area (Å²) in [5, 5.41) is 14.6. The molecule has 1 atom stereocenters. The van der Waals surface area contributed by atoms with Gasteiger partial charge >= 0.3 is 0 Å². The lowest BCUT2D eigenvalue weighted by Gasteiger charge is -2.27. The van der Waals surface area contributed by atoms with E-state index in [4.69, 9.17) is 0 Å². The highest BCUT2D eigenvalue weighted by Gasteiger charge is 2.30. The van der Waals surface area contributed by atoms with E-state index in [1.807, 2.05) is 4.90 Å². The number of nitrogens with zero attached hydrogens (tertiary/aromatic N) is 2. The summed E-state index contributed by atoms with van der Waals surface area (Å²) in [5.74, 6) is 0.171. The van der Waals surface area contributed by atoms with Crippen LogP contribution in [-0.4, -0.2) is 30.6 Å². The zero-order chi connectivity index (χ0) is 14.8. The van der Waals surface area contributed by atoms with E-state index in [1.54, 1.807) is 0 Å². The third-order valence-electron chi connectivity index (χ3n) is 4.25. The maximum Gasteiger partial charge on any atom is 0.292 e. The first kappa shape index (κ1) is 14.3. The number of nitro benzene ring substituents is 1. The molecule has 1 heterocycles. The largest absolute Gasteiger partial charge is 0.364 e. The zero-order valence-corrected chi connectivity index (χ0v) is 11.9. The van der Waals surface area contributed by atoms with Crippen molar-refractivity contribution < 1.29 is 9.31 Å². The molecule has 5 nitrogen and oxygen atoms in total. The Morgan fingerprint density at radius 2 is 2.14 bits per heavy atom. The highest BCUT2D eigenvalue weighted by atomic mass is 19.1. The lowest BCUT2D eigenvalue weighted by Crippen LogP contribution is -2.39. The normalized spacial score (nSPS) is 21.5. The van der Waals surface area contributed by atoms with Crippen molar-refractivity contribution in [2.24, 2.45) is 5.92 Å². The monoisotopic (exact) mass is 293 g/mol. The maximum atomic E-state index is 13.6. The Morgan fingerprint density at radius 3 is 2.76 bits per heavy atom. The number of anilines is 1. The SMILES string of the molecule is O=[N+]([O-])c1ccc(F)cc1N(CC1CC1)CC1CCCN1. The predicted molar refractivity (Wildman–Crippen MR) is 79.0 cm³/mol. The van der Waals surface area contributed by atoms with Gasteiger partial charge in [-0.1, -0.05) is 0 Å². The third kappa shape index (κ3) is 3.50. The van der Waals surface area contributed by atoms with Crippen molar-refractivity contribution in [3.8, 4) is 0 Å². The molecule has 1 saturated carbocycles. The topological polar surface area (TPSA) is 58.4 Å². The fourth-order valence-corrected chi connectivity index (χ4v) is 2.97. The second kappa shape index (κ2) is 5.97. The van der Waals surface area contributed by atoms with Gasteiger partial charge in [0.2, 0.25) is 0 Å². The molecule has 21 heavy (non-hydrogen) atoms. The van der Waals surface area contributed by atoms with Gasteiger partial charge in [0.15, 0.2) is 0 Å². The molecule has 2 aliphatic rings. The van der Waals surface area contributed by atoms with E-state index in [0.29, 0.717) is 24.2 Å². The molecule has 0 bridgehead atoms. The van der Waals surface area contributed by atoms with Gasteiger partial charge in [0.25, 0.3) is 5.69 Å². The van der Waals surface area contributed by atoms with Crippen LogP contribution < -0.4 is 10.2 Å². The fourth-order valence-electron chi connectivity index (χ4n) is 2.97. The average Bonchev–Trinajstić information content (AvgIpc) is 3.11. The molecule has 1 aliphatic carbocycles. The minimum absolute atomic E-state index is 0.00459. The van der Waals surface area contributed by atoms with Crippen LogP contribution in [0.1, 0.15) is 25.7 Å². The summed E-state index contributed by atoms with van der Waals surface area (Å²) < 4.78 is 13.6. The summed E-state index contributed by atoms with van der Waals surface area (Å²) in [6, 6.07) is 4.07. The van der Waals surface area contributed by atoms with Gasteiger partial charge in [0.1, 0.15) is 11.5 Å². The fraction of sp³-hybridized carbons (Fsp3) is 0.600. The van der Waals surface area contributed by atoms with Gasteiger partial charge in [0, 0.05) is 31.3 Å². The predicted octanol–water partition coefficient (Wildman–Crippen LogP) is 2.70. The van der Waals surface area contributed by atoms with Crippen molar-refractivity contribution in [3.05, 3.63) is 34.1 Å². The summed E-state index contributed by atoms with van der Waals surface area (Å²) >= 11 is 0. The molecule has 1 aromatic rings. The van der Waals surface area contributed by atoms with E-state index in [2.05, 4.69) is 5.32 Å². The van der Waals surface area contributed by atoms with Crippen molar-refractivity contribution in [1.29, 1.82) is 0 Å². The molecule has 0 spiro atoms. The van der Waals surface area contributed by atoms with Gasteiger partial charge in [-0.25, -0.2) is 4.39 Å². The Morgan fingerprint density at radius 1 is 1.33 bits per heavy atom. The van der Waals surface area contributed by atoms with Crippen molar-refractivity contribution in [2.45, 2.75) is 31.7 Å². The Bertz CT molecular complexity index is 528. The number of hydrogen-bond donors (Lipinski definition) is 1. The molecule has 1 unspecified atom stereocenters. The molecule has 3 rings (SSSR count). The molecule has 2 fully saturated rings. The molecule has 1 N–H and O–H groups in total. The first-order valence-electron chi connectivity index (χ1n) is 7.56. The molecule has 6 heteroatoms.